The van der Waals surface area contributed by atoms with Crippen molar-refractivity contribution in [3.63, 3.8) is 0 Å². The number of amides is 1. The van der Waals surface area contributed by atoms with Crippen molar-refractivity contribution in [1.29, 1.82) is 0 Å². The first-order valence-electron chi connectivity index (χ1n) is 6.16. The Hall–Kier alpha value is -2.08. The topological polar surface area (TPSA) is 75.3 Å². The maximum Gasteiger partial charge on any atom is 0.267 e. The van der Waals surface area contributed by atoms with Crippen LogP contribution in [-0.4, -0.2) is 20.6 Å². The Labute approximate surface area is 118 Å². The van der Waals surface area contributed by atoms with Crippen molar-refractivity contribution < 1.29 is 13.2 Å². The van der Waals surface area contributed by atoms with Crippen molar-refractivity contribution in [1.82, 2.24) is 10.6 Å². The van der Waals surface area contributed by atoms with Gasteiger partial charge in [0.05, 0.1) is 4.90 Å². The molecule has 1 heterocycles. The quantitative estimate of drug-likeness (QED) is 0.871. The summed E-state index contributed by atoms with van der Waals surface area (Å²) >= 11 is 0. The molecule has 1 aliphatic heterocycles. The molecule has 0 saturated heterocycles. The molecule has 0 fully saturated rings. The summed E-state index contributed by atoms with van der Waals surface area (Å²) in [5.74, 6) is -0.179. The zero-order valence-electron chi connectivity index (χ0n) is 11.1. The largest absolute Gasteiger partial charge is 0.358 e. The molecule has 1 amide bonds. The molecular formula is C14H16N2O3S. The molecule has 0 atom stereocenters. The van der Waals surface area contributed by atoms with E-state index in [9.17, 15) is 13.2 Å². The number of sulfone groups is 1. The summed E-state index contributed by atoms with van der Waals surface area (Å²) in [6, 6.07) is 6.47. The maximum absolute atomic E-state index is 11.8. The van der Waals surface area contributed by atoms with Crippen LogP contribution in [0.25, 0.3) is 0 Å². The van der Waals surface area contributed by atoms with E-state index in [1.165, 1.54) is 18.4 Å². The molecule has 0 spiro atoms. The number of nitrogens with one attached hydrogen (secondary N) is 2. The Morgan fingerprint density at radius 1 is 1.30 bits per heavy atom. The van der Waals surface area contributed by atoms with Crippen molar-refractivity contribution in [2.45, 2.75) is 17.9 Å². The van der Waals surface area contributed by atoms with Crippen LogP contribution in [-0.2, 0) is 21.2 Å². The lowest BCUT2D eigenvalue weighted by Gasteiger charge is -2.11. The monoisotopic (exact) mass is 292 g/mol. The minimum atomic E-state index is -3.18. The van der Waals surface area contributed by atoms with Crippen molar-refractivity contribution >= 4 is 15.7 Å². The summed E-state index contributed by atoms with van der Waals surface area (Å²) in [4.78, 5) is 12.1. The molecule has 0 aliphatic carbocycles. The van der Waals surface area contributed by atoms with Crippen LogP contribution in [0, 0.1) is 0 Å². The van der Waals surface area contributed by atoms with Crippen LogP contribution in [0.2, 0.25) is 0 Å². The fourth-order valence-corrected chi connectivity index (χ4v) is 2.38. The highest BCUT2D eigenvalue weighted by molar-refractivity contribution is 7.90. The van der Waals surface area contributed by atoms with E-state index in [1.807, 2.05) is 12.2 Å². The molecule has 5 nitrogen and oxygen atoms in total. The molecule has 0 radical (unpaired) electrons. The van der Waals surface area contributed by atoms with Crippen LogP contribution >= 0.6 is 0 Å². The first kappa shape index (κ1) is 14.3. The van der Waals surface area contributed by atoms with E-state index in [1.54, 1.807) is 18.3 Å². The molecular weight excluding hydrogens is 276 g/mol. The number of hydrogen-bond donors (Lipinski definition) is 2. The summed E-state index contributed by atoms with van der Waals surface area (Å²) < 4.78 is 22.6. The molecule has 20 heavy (non-hydrogen) atoms. The molecule has 2 N–H and O–H groups in total. The van der Waals surface area contributed by atoms with Crippen LogP contribution in [0.4, 0.5) is 0 Å². The van der Waals surface area contributed by atoms with Gasteiger partial charge in [0.1, 0.15) is 5.70 Å². The van der Waals surface area contributed by atoms with Crippen molar-refractivity contribution in [3.05, 3.63) is 53.9 Å². The maximum atomic E-state index is 11.8. The lowest BCUT2D eigenvalue weighted by atomic mass is 10.2. The average Bonchev–Trinajstić information content (AvgIpc) is 2.45. The summed E-state index contributed by atoms with van der Waals surface area (Å²) in [5, 5.41) is 5.65. The van der Waals surface area contributed by atoms with Gasteiger partial charge in [-0.1, -0.05) is 24.3 Å². The molecule has 0 aromatic heterocycles. The molecule has 1 aromatic rings. The molecule has 1 aromatic carbocycles. The third kappa shape index (κ3) is 3.71. The van der Waals surface area contributed by atoms with E-state index in [4.69, 9.17) is 0 Å². The number of allylic oxidation sites excluding steroid dienone is 2. The third-order valence-corrected chi connectivity index (χ3v) is 3.99. The number of dihydropyridines is 1. The van der Waals surface area contributed by atoms with Gasteiger partial charge in [0, 0.05) is 12.8 Å². The standard InChI is InChI=1S/C14H16N2O3S/c1-20(18,19)12-7-5-11(6-8-12)10-16-14(17)13-4-2-3-9-15-13/h3-9,15H,2,10H2,1H3,(H,16,17). The minimum absolute atomic E-state index is 0.179. The van der Waals surface area contributed by atoms with Gasteiger partial charge < -0.3 is 10.6 Å². The van der Waals surface area contributed by atoms with E-state index in [2.05, 4.69) is 10.6 Å². The second kappa shape index (κ2) is 5.92. The predicted octanol–water partition coefficient (Wildman–Crippen LogP) is 1.10. The SMILES string of the molecule is CS(=O)(=O)c1ccc(CNC(=O)C2=CCC=CN2)cc1. The average molecular weight is 292 g/mol. The van der Waals surface area contributed by atoms with E-state index in [-0.39, 0.29) is 10.8 Å². The molecule has 6 heteroatoms. The van der Waals surface area contributed by atoms with E-state index in [0.717, 1.165) is 12.0 Å². The van der Waals surface area contributed by atoms with Crippen molar-refractivity contribution in [2.24, 2.45) is 0 Å². The van der Waals surface area contributed by atoms with Gasteiger partial charge >= 0.3 is 0 Å². The van der Waals surface area contributed by atoms with E-state index in [0.29, 0.717) is 12.2 Å². The minimum Gasteiger partial charge on any atom is -0.358 e. The first-order valence-corrected chi connectivity index (χ1v) is 8.05. The van der Waals surface area contributed by atoms with Crippen molar-refractivity contribution in [3.8, 4) is 0 Å². The Bertz CT molecular complexity index is 658. The zero-order chi connectivity index (χ0) is 14.6. The fraction of sp³-hybridized carbons (Fsp3) is 0.214. The van der Waals surface area contributed by atoms with Gasteiger partial charge in [-0.25, -0.2) is 8.42 Å². The van der Waals surface area contributed by atoms with Crippen molar-refractivity contribution in [2.75, 3.05) is 6.26 Å². The van der Waals surface area contributed by atoms with Gasteiger partial charge in [-0.3, -0.25) is 4.79 Å². The van der Waals surface area contributed by atoms with Crippen LogP contribution in [0.3, 0.4) is 0 Å². The van der Waals surface area contributed by atoms with Crippen LogP contribution in [0.5, 0.6) is 0 Å². The Morgan fingerprint density at radius 3 is 2.55 bits per heavy atom. The van der Waals surface area contributed by atoms with Crippen LogP contribution < -0.4 is 10.6 Å². The fourth-order valence-electron chi connectivity index (χ4n) is 1.75. The van der Waals surface area contributed by atoms with E-state index < -0.39 is 9.84 Å². The highest BCUT2D eigenvalue weighted by atomic mass is 32.2. The first-order chi connectivity index (χ1) is 9.47. The Kier molecular flexibility index (Phi) is 4.24. The normalized spacial score (nSPS) is 14.3. The molecule has 106 valence electrons. The number of carbonyl (C=O) groups excluding carboxylic acids is 1. The highest BCUT2D eigenvalue weighted by Crippen LogP contribution is 2.10. The predicted molar refractivity (Wildman–Crippen MR) is 76.4 cm³/mol. The zero-order valence-corrected chi connectivity index (χ0v) is 11.9. The summed E-state index contributed by atoms with van der Waals surface area (Å²) in [6.45, 7) is 0.353. The molecule has 1 aliphatic rings. The second-order valence-electron chi connectivity index (χ2n) is 4.50. The summed E-state index contributed by atoms with van der Waals surface area (Å²) in [7, 11) is -3.18. The smallest absolute Gasteiger partial charge is 0.267 e. The number of benzene rings is 1. The number of hydrogen-bond acceptors (Lipinski definition) is 4. The number of rotatable bonds is 4. The van der Waals surface area contributed by atoms with Gasteiger partial charge in [-0.15, -0.1) is 0 Å². The molecule has 0 saturated carbocycles. The highest BCUT2D eigenvalue weighted by Gasteiger charge is 2.10. The van der Waals surface area contributed by atoms with Crippen LogP contribution in [0.1, 0.15) is 12.0 Å². The van der Waals surface area contributed by atoms with Crippen LogP contribution in [0.15, 0.2) is 53.2 Å². The number of carbonyl (C=O) groups is 1. The third-order valence-electron chi connectivity index (χ3n) is 2.86. The van der Waals surface area contributed by atoms with Gasteiger partial charge in [0.15, 0.2) is 9.84 Å². The van der Waals surface area contributed by atoms with Gasteiger partial charge in [0.25, 0.3) is 5.91 Å². The second-order valence-corrected chi connectivity index (χ2v) is 6.51. The Balaban J connectivity index is 1.94. The summed E-state index contributed by atoms with van der Waals surface area (Å²) in [5.41, 5.74) is 1.37. The van der Waals surface area contributed by atoms with Gasteiger partial charge in [-0.2, -0.15) is 0 Å². The molecule has 0 bridgehead atoms. The lowest BCUT2D eigenvalue weighted by Crippen LogP contribution is -2.30. The summed E-state index contributed by atoms with van der Waals surface area (Å²) in [6.07, 6.45) is 7.36. The Morgan fingerprint density at radius 2 is 2.00 bits per heavy atom. The van der Waals surface area contributed by atoms with Gasteiger partial charge in [0.2, 0.25) is 0 Å². The van der Waals surface area contributed by atoms with E-state index >= 15 is 0 Å². The molecule has 0 unspecified atom stereocenters. The lowest BCUT2D eigenvalue weighted by molar-refractivity contribution is -0.117. The van der Waals surface area contributed by atoms with Gasteiger partial charge in [-0.05, 0) is 30.3 Å². The molecule has 2 rings (SSSR count).